The number of hydrogen-bond acceptors (Lipinski definition) is 4. The lowest BCUT2D eigenvalue weighted by atomic mass is 10.0. The molecule has 0 saturated heterocycles. The van der Waals surface area contributed by atoms with Gasteiger partial charge in [-0.25, -0.2) is 17.9 Å². The molecule has 3 rings (SSSR count). The zero-order valence-corrected chi connectivity index (χ0v) is 11.9. The van der Waals surface area contributed by atoms with Crippen LogP contribution >= 0.6 is 0 Å². The van der Waals surface area contributed by atoms with E-state index in [9.17, 15) is 8.42 Å². The zero-order chi connectivity index (χ0) is 14.3. The number of hydrogen-bond donors (Lipinski definition) is 0. The second kappa shape index (κ2) is 4.42. The van der Waals surface area contributed by atoms with Crippen LogP contribution in [0.5, 0.6) is 0 Å². The Balaban J connectivity index is 2.13. The number of pyridine rings is 1. The monoisotopic (exact) mass is 287 g/mol. The molecular weight excluding hydrogens is 274 g/mol. The number of aromatic nitrogens is 3. The number of rotatable bonds is 2. The van der Waals surface area contributed by atoms with Gasteiger partial charge in [0.2, 0.25) is 0 Å². The summed E-state index contributed by atoms with van der Waals surface area (Å²) in [5.74, 6) is 0. The maximum absolute atomic E-state index is 11.5. The summed E-state index contributed by atoms with van der Waals surface area (Å²) in [6.07, 6.45) is 4.56. The minimum Gasteiger partial charge on any atom is -0.224 e. The van der Waals surface area contributed by atoms with E-state index in [1.807, 2.05) is 31.3 Å². The van der Waals surface area contributed by atoms with Crippen LogP contribution in [0, 0.1) is 6.92 Å². The first-order chi connectivity index (χ1) is 9.47. The Morgan fingerprint density at radius 1 is 1.10 bits per heavy atom. The Kier molecular flexibility index (Phi) is 2.83. The molecule has 0 unspecified atom stereocenters. The van der Waals surface area contributed by atoms with Gasteiger partial charge in [-0.1, -0.05) is 12.1 Å². The van der Waals surface area contributed by atoms with Gasteiger partial charge in [-0.2, -0.15) is 5.10 Å². The van der Waals surface area contributed by atoms with Crippen LogP contribution in [-0.2, 0) is 9.84 Å². The second-order valence-electron chi connectivity index (χ2n) is 4.68. The molecule has 0 bridgehead atoms. The molecule has 1 aromatic carbocycles. The second-order valence-corrected chi connectivity index (χ2v) is 6.69. The van der Waals surface area contributed by atoms with Gasteiger partial charge >= 0.3 is 0 Å². The molecule has 0 saturated carbocycles. The molecule has 0 amide bonds. The predicted molar refractivity (Wildman–Crippen MR) is 76.3 cm³/mol. The average molecular weight is 287 g/mol. The SMILES string of the molecule is Cc1c(-c2ccc(S(C)(=O)=O)cc2)ccn2ncnc12. The van der Waals surface area contributed by atoms with E-state index in [1.165, 1.54) is 12.6 Å². The lowest BCUT2D eigenvalue weighted by Gasteiger charge is -2.07. The molecule has 20 heavy (non-hydrogen) atoms. The lowest BCUT2D eigenvalue weighted by molar-refractivity contribution is 0.602. The van der Waals surface area contributed by atoms with Crippen LogP contribution in [0.25, 0.3) is 16.8 Å². The van der Waals surface area contributed by atoms with Crippen molar-refractivity contribution in [2.75, 3.05) is 6.26 Å². The molecule has 0 aliphatic heterocycles. The lowest BCUT2D eigenvalue weighted by Crippen LogP contribution is -1.97. The molecule has 0 spiro atoms. The Morgan fingerprint density at radius 2 is 1.80 bits per heavy atom. The van der Waals surface area contributed by atoms with Gasteiger partial charge in [0.05, 0.1) is 4.90 Å². The first kappa shape index (κ1) is 12.8. The van der Waals surface area contributed by atoms with E-state index in [0.717, 1.165) is 22.3 Å². The van der Waals surface area contributed by atoms with Crippen LogP contribution in [0.15, 0.2) is 47.8 Å². The van der Waals surface area contributed by atoms with Crippen molar-refractivity contribution in [3.63, 3.8) is 0 Å². The summed E-state index contributed by atoms with van der Waals surface area (Å²) in [6, 6.07) is 8.82. The van der Waals surface area contributed by atoms with Gasteiger partial charge < -0.3 is 0 Å². The number of sulfone groups is 1. The Hall–Kier alpha value is -2.21. The van der Waals surface area contributed by atoms with Crippen LogP contribution < -0.4 is 0 Å². The molecule has 0 aliphatic carbocycles. The maximum atomic E-state index is 11.5. The van der Waals surface area contributed by atoms with Gasteiger partial charge in [0.25, 0.3) is 0 Å². The fraction of sp³-hybridized carbons (Fsp3) is 0.143. The van der Waals surface area contributed by atoms with E-state index >= 15 is 0 Å². The molecular formula is C14H13N3O2S. The van der Waals surface area contributed by atoms with Crippen molar-refractivity contribution in [1.29, 1.82) is 0 Å². The highest BCUT2D eigenvalue weighted by molar-refractivity contribution is 7.90. The van der Waals surface area contributed by atoms with E-state index in [0.29, 0.717) is 4.90 Å². The molecule has 3 aromatic rings. The van der Waals surface area contributed by atoms with Crippen LogP contribution in [-0.4, -0.2) is 29.3 Å². The minimum absolute atomic E-state index is 0.322. The van der Waals surface area contributed by atoms with Crippen molar-refractivity contribution in [1.82, 2.24) is 14.6 Å². The largest absolute Gasteiger partial charge is 0.224 e. The van der Waals surface area contributed by atoms with Crippen molar-refractivity contribution in [3.8, 4) is 11.1 Å². The fourth-order valence-electron chi connectivity index (χ4n) is 2.21. The molecule has 0 atom stereocenters. The number of benzene rings is 1. The third kappa shape index (κ3) is 2.08. The summed E-state index contributed by atoms with van der Waals surface area (Å²) in [7, 11) is -3.16. The molecule has 0 N–H and O–H groups in total. The van der Waals surface area contributed by atoms with Crippen molar-refractivity contribution >= 4 is 15.5 Å². The van der Waals surface area contributed by atoms with Crippen molar-refractivity contribution in [2.45, 2.75) is 11.8 Å². The molecule has 5 nitrogen and oxygen atoms in total. The average Bonchev–Trinajstić information content (AvgIpc) is 2.88. The summed E-state index contributed by atoms with van der Waals surface area (Å²) < 4.78 is 24.6. The quantitative estimate of drug-likeness (QED) is 0.724. The van der Waals surface area contributed by atoms with Gasteiger partial charge in [-0.05, 0) is 36.2 Å². The molecule has 0 radical (unpaired) electrons. The number of aryl methyl sites for hydroxylation is 1. The van der Waals surface area contributed by atoms with Crippen LogP contribution in [0.4, 0.5) is 0 Å². The van der Waals surface area contributed by atoms with Gasteiger partial charge in [-0.3, -0.25) is 0 Å². The van der Waals surface area contributed by atoms with Gasteiger partial charge in [0.1, 0.15) is 6.33 Å². The van der Waals surface area contributed by atoms with E-state index in [1.54, 1.807) is 16.6 Å². The summed E-state index contributed by atoms with van der Waals surface area (Å²) in [4.78, 5) is 4.54. The molecule has 6 heteroatoms. The van der Waals surface area contributed by atoms with E-state index in [2.05, 4.69) is 10.1 Å². The third-order valence-corrected chi connectivity index (χ3v) is 4.42. The topological polar surface area (TPSA) is 64.3 Å². The molecule has 2 heterocycles. The third-order valence-electron chi connectivity index (χ3n) is 3.29. The van der Waals surface area contributed by atoms with E-state index in [-0.39, 0.29) is 0 Å². The highest BCUT2D eigenvalue weighted by Crippen LogP contribution is 2.26. The Labute approximate surface area is 116 Å². The zero-order valence-electron chi connectivity index (χ0n) is 11.1. The predicted octanol–water partition coefficient (Wildman–Crippen LogP) is 2.11. The van der Waals surface area contributed by atoms with Crippen LogP contribution in [0.1, 0.15) is 5.56 Å². The molecule has 0 fully saturated rings. The van der Waals surface area contributed by atoms with Gasteiger partial charge in [0, 0.05) is 18.0 Å². The summed E-state index contributed by atoms with van der Waals surface area (Å²) >= 11 is 0. The normalized spacial score (nSPS) is 11.9. The first-order valence-electron chi connectivity index (χ1n) is 6.06. The van der Waals surface area contributed by atoms with E-state index < -0.39 is 9.84 Å². The maximum Gasteiger partial charge on any atom is 0.175 e. The highest BCUT2D eigenvalue weighted by atomic mass is 32.2. The standard InChI is InChI=1S/C14H13N3O2S/c1-10-13(7-8-17-14(10)15-9-16-17)11-3-5-12(6-4-11)20(2,18)19/h3-9H,1-2H3. The van der Waals surface area contributed by atoms with Gasteiger partial charge in [0.15, 0.2) is 15.5 Å². The summed E-state index contributed by atoms with van der Waals surface area (Å²) in [5, 5.41) is 4.09. The highest BCUT2D eigenvalue weighted by Gasteiger charge is 2.10. The van der Waals surface area contributed by atoms with Crippen LogP contribution in [0.2, 0.25) is 0 Å². The Morgan fingerprint density at radius 3 is 2.45 bits per heavy atom. The smallest absolute Gasteiger partial charge is 0.175 e. The van der Waals surface area contributed by atoms with Crippen molar-refractivity contribution in [3.05, 3.63) is 48.4 Å². The molecule has 2 aromatic heterocycles. The Bertz CT molecular complexity index is 880. The van der Waals surface area contributed by atoms with Crippen molar-refractivity contribution in [2.24, 2.45) is 0 Å². The fourth-order valence-corrected chi connectivity index (χ4v) is 2.84. The van der Waals surface area contributed by atoms with E-state index in [4.69, 9.17) is 0 Å². The first-order valence-corrected chi connectivity index (χ1v) is 7.95. The van der Waals surface area contributed by atoms with Crippen molar-refractivity contribution < 1.29 is 8.42 Å². The molecule has 0 aliphatic rings. The minimum atomic E-state index is -3.16. The van der Waals surface area contributed by atoms with Gasteiger partial charge in [-0.15, -0.1) is 0 Å². The summed E-state index contributed by atoms with van der Waals surface area (Å²) in [6.45, 7) is 1.98. The number of fused-ring (bicyclic) bond motifs is 1. The molecule has 102 valence electrons. The number of nitrogens with zero attached hydrogens (tertiary/aromatic N) is 3. The summed E-state index contributed by atoms with van der Waals surface area (Å²) in [5.41, 5.74) is 3.79. The van der Waals surface area contributed by atoms with Crippen LogP contribution in [0.3, 0.4) is 0 Å².